The fraction of sp³-hybridized carbons (Fsp3) is 0.308. The van der Waals surface area contributed by atoms with Crippen molar-refractivity contribution in [2.45, 2.75) is 13.3 Å². The topological polar surface area (TPSA) is 48.1 Å². The van der Waals surface area contributed by atoms with Gasteiger partial charge < -0.3 is 15.2 Å². The first-order valence-corrected chi connectivity index (χ1v) is 5.85. The van der Waals surface area contributed by atoms with E-state index in [0.717, 1.165) is 37.2 Å². The molecule has 2 rings (SSSR count). The lowest BCUT2D eigenvalue weighted by Gasteiger charge is -2.22. The smallest absolute Gasteiger partial charge is 0.168 e. The van der Waals surface area contributed by atoms with Gasteiger partial charge in [-0.15, -0.1) is 0 Å². The molecule has 0 bridgehead atoms. The summed E-state index contributed by atoms with van der Waals surface area (Å²) >= 11 is 0. The number of hydrogen-bond donors (Lipinski definition) is 2. The van der Waals surface area contributed by atoms with Crippen molar-refractivity contribution in [3.8, 4) is 0 Å². The molecule has 90 valence electrons. The lowest BCUT2D eigenvalue weighted by atomic mass is 10.2. The highest BCUT2D eigenvalue weighted by Crippen LogP contribution is 2.16. The molecule has 1 aromatic heterocycles. The minimum Gasteiger partial charge on any atom is -0.374 e. The fourth-order valence-electron chi connectivity index (χ4n) is 1.82. The van der Waals surface area contributed by atoms with Crippen molar-refractivity contribution >= 4 is 12.0 Å². The van der Waals surface area contributed by atoms with E-state index in [1.54, 1.807) is 6.20 Å². The Morgan fingerprint density at radius 1 is 1.59 bits per heavy atom. The van der Waals surface area contributed by atoms with Crippen LogP contribution < -0.4 is 5.32 Å². The summed E-state index contributed by atoms with van der Waals surface area (Å²) in [7, 11) is 0. The summed E-state index contributed by atoms with van der Waals surface area (Å²) in [5, 5.41) is 3.23. The van der Waals surface area contributed by atoms with Gasteiger partial charge in [0.25, 0.3) is 0 Å². The SMILES string of the molecule is CCCN1C=CC(Nc2cc[nH]c2C=O)=CC1. The number of nitrogens with zero attached hydrogens (tertiary/aromatic N) is 1. The van der Waals surface area contributed by atoms with E-state index in [2.05, 4.69) is 34.4 Å². The van der Waals surface area contributed by atoms with Gasteiger partial charge in [-0.05, 0) is 24.6 Å². The van der Waals surface area contributed by atoms with Crippen LogP contribution in [0.15, 0.2) is 36.3 Å². The van der Waals surface area contributed by atoms with E-state index in [0.29, 0.717) is 5.69 Å². The number of anilines is 1. The van der Waals surface area contributed by atoms with Crippen LogP contribution in [-0.2, 0) is 0 Å². The van der Waals surface area contributed by atoms with Crippen molar-refractivity contribution in [1.29, 1.82) is 0 Å². The molecule has 0 saturated heterocycles. The standard InChI is InChI=1S/C13H17N3O/c1-2-7-16-8-4-11(5-9-16)15-12-3-6-14-13(12)10-17/h3-6,8,10,14-15H,2,7,9H2,1H3. The predicted octanol–water partition coefficient (Wildman–Crippen LogP) is 2.36. The molecule has 0 spiro atoms. The Bertz CT molecular complexity index is 445. The number of carbonyl (C=O) groups excluding carboxylic acids is 1. The Labute approximate surface area is 101 Å². The fourth-order valence-corrected chi connectivity index (χ4v) is 1.82. The molecular weight excluding hydrogens is 214 g/mol. The average molecular weight is 231 g/mol. The van der Waals surface area contributed by atoms with Crippen LogP contribution in [0.3, 0.4) is 0 Å². The van der Waals surface area contributed by atoms with Crippen LogP contribution in [0.5, 0.6) is 0 Å². The lowest BCUT2D eigenvalue weighted by molar-refractivity contribution is 0.112. The highest BCUT2D eigenvalue weighted by molar-refractivity contribution is 5.82. The molecule has 4 nitrogen and oxygen atoms in total. The number of aldehydes is 1. The molecule has 0 atom stereocenters. The van der Waals surface area contributed by atoms with Crippen molar-refractivity contribution in [2.24, 2.45) is 0 Å². The third-order valence-corrected chi connectivity index (χ3v) is 2.70. The number of H-pyrrole nitrogens is 1. The zero-order valence-electron chi connectivity index (χ0n) is 9.94. The van der Waals surface area contributed by atoms with Crippen LogP contribution >= 0.6 is 0 Å². The summed E-state index contributed by atoms with van der Waals surface area (Å²) in [5.74, 6) is 0. The monoisotopic (exact) mass is 231 g/mol. The van der Waals surface area contributed by atoms with E-state index in [4.69, 9.17) is 0 Å². The maximum atomic E-state index is 10.8. The number of aromatic nitrogens is 1. The van der Waals surface area contributed by atoms with Gasteiger partial charge in [-0.25, -0.2) is 0 Å². The second-order valence-electron chi connectivity index (χ2n) is 4.02. The van der Waals surface area contributed by atoms with Crippen LogP contribution in [0, 0.1) is 0 Å². The molecule has 1 aliphatic heterocycles. The minimum absolute atomic E-state index is 0.579. The van der Waals surface area contributed by atoms with E-state index in [1.165, 1.54) is 0 Å². The molecule has 4 heteroatoms. The quantitative estimate of drug-likeness (QED) is 0.765. The molecule has 17 heavy (non-hydrogen) atoms. The summed E-state index contributed by atoms with van der Waals surface area (Å²) in [6.07, 6.45) is 9.95. The van der Waals surface area contributed by atoms with Crippen LogP contribution in [0.1, 0.15) is 23.8 Å². The van der Waals surface area contributed by atoms with E-state index < -0.39 is 0 Å². The minimum atomic E-state index is 0.579. The Kier molecular flexibility index (Phi) is 3.65. The molecule has 0 saturated carbocycles. The summed E-state index contributed by atoms with van der Waals surface area (Å²) in [6, 6.07) is 1.86. The zero-order valence-corrected chi connectivity index (χ0v) is 9.94. The van der Waals surface area contributed by atoms with E-state index in [1.807, 2.05) is 12.1 Å². The highest BCUT2D eigenvalue weighted by Gasteiger charge is 2.06. The van der Waals surface area contributed by atoms with Crippen LogP contribution in [0.4, 0.5) is 5.69 Å². The zero-order chi connectivity index (χ0) is 12.1. The maximum Gasteiger partial charge on any atom is 0.168 e. The molecule has 1 aliphatic rings. The van der Waals surface area contributed by atoms with Crippen molar-refractivity contribution < 1.29 is 4.79 Å². The first-order chi connectivity index (χ1) is 8.33. The van der Waals surface area contributed by atoms with Crippen LogP contribution in [-0.4, -0.2) is 29.3 Å². The summed E-state index contributed by atoms with van der Waals surface area (Å²) in [4.78, 5) is 15.9. The van der Waals surface area contributed by atoms with Gasteiger partial charge in [0.2, 0.25) is 0 Å². The van der Waals surface area contributed by atoms with Crippen LogP contribution in [0.2, 0.25) is 0 Å². The third kappa shape index (κ3) is 2.78. The number of rotatable bonds is 5. The molecular formula is C13H17N3O. The van der Waals surface area contributed by atoms with Crippen LogP contribution in [0.25, 0.3) is 0 Å². The Hall–Kier alpha value is -1.97. The van der Waals surface area contributed by atoms with Gasteiger partial charge >= 0.3 is 0 Å². The van der Waals surface area contributed by atoms with Gasteiger partial charge in [-0.3, -0.25) is 4.79 Å². The number of hydrogen-bond acceptors (Lipinski definition) is 3. The summed E-state index contributed by atoms with van der Waals surface area (Å²) in [5.41, 5.74) is 2.43. The second kappa shape index (κ2) is 5.39. The van der Waals surface area contributed by atoms with E-state index >= 15 is 0 Å². The normalized spacial score (nSPS) is 14.6. The number of nitrogens with one attached hydrogen (secondary N) is 2. The molecule has 0 fully saturated rings. The molecule has 0 radical (unpaired) electrons. The summed E-state index contributed by atoms with van der Waals surface area (Å²) < 4.78 is 0. The lowest BCUT2D eigenvalue weighted by Crippen LogP contribution is -2.21. The van der Waals surface area contributed by atoms with Crippen molar-refractivity contribution in [3.63, 3.8) is 0 Å². The summed E-state index contributed by atoms with van der Waals surface area (Å²) in [6.45, 7) is 4.15. The number of carbonyl (C=O) groups is 1. The van der Waals surface area contributed by atoms with Gasteiger partial charge in [0, 0.05) is 31.2 Å². The van der Waals surface area contributed by atoms with Gasteiger partial charge in [0.15, 0.2) is 6.29 Å². The molecule has 2 N–H and O–H groups in total. The third-order valence-electron chi connectivity index (χ3n) is 2.70. The van der Waals surface area contributed by atoms with Crippen molar-refractivity contribution in [1.82, 2.24) is 9.88 Å². The molecule has 0 unspecified atom stereocenters. The molecule has 0 aromatic carbocycles. The van der Waals surface area contributed by atoms with E-state index in [-0.39, 0.29) is 0 Å². The largest absolute Gasteiger partial charge is 0.374 e. The molecule has 0 aliphatic carbocycles. The average Bonchev–Trinajstić information content (AvgIpc) is 2.79. The van der Waals surface area contributed by atoms with Gasteiger partial charge in [-0.2, -0.15) is 0 Å². The number of allylic oxidation sites excluding steroid dienone is 1. The van der Waals surface area contributed by atoms with Gasteiger partial charge in [0.1, 0.15) is 5.69 Å². The van der Waals surface area contributed by atoms with E-state index in [9.17, 15) is 4.79 Å². The Balaban J connectivity index is 1.98. The van der Waals surface area contributed by atoms with Gasteiger partial charge in [-0.1, -0.05) is 6.92 Å². The van der Waals surface area contributed by atoms with Crippen molar-refractivity contribution in [2.75, 3.05) is 18.4 Å². The van der Waals surface area contributed by atoms with Gasteiger partial charge in [0.05, 0.1) is 5.69 Å². The molecule has 2 heterocycles. The predicted molar refractivity (Wildman–Crippen MR) is 68.9 cm³/mol. The molecule has 1 aromatic rings. The van der Waals surface area contributed by atoms with Crippen molar-refractivity contribution in [3.05, 3.63) is 42.0 Å². The molecule has 0 amide bonds. The first-order valence-electron chi connectivity index (χ1n) is 5.85. The Morgan fingerprint density at radius 3 is 3.12 bits per heavy atom. The highest BCUT2D eigenvalue weighted by atomic mass is 16.1. The second-order valence-corrected chi connectivity index (χ2v) is 4.02. The maximum absolute atomic E-state index is 10.8. The first kappa shape index (κ1) is 11.5. The Morgan fingerprint density at radius 2 is 2.47 bits per heavy atom. The number of aromatic amines is 1.